The van der Waals surface area contributed by atoms with Crippen molar-refractivity contribution in [2.24, 2.45) is 5.16 Å². The molecule has 0 radical (unpaired) electrons. The highest BCUT2D eigenvalue weighted by atomic mass is 35.5. The van der Waals surface area contributed by atoms with E-state index in [0.29, 0.717) is 0 Å². The van der Waals surface area contributed by atoms with Gasteiger partial charge < -0.3 is 19.0 Å². The van der Waals surface area contributed by atoms with Crippen LogP contribution in [0.2, 0.25) is 15.1 Å². The fraction of sp³-hybridized carbons (Fsp3) is 0.222. The smallest absolute Gasteiger partial charge is 0.338 e. The van der Waals surface area contributed by atoms with Crippen LogP contribution in [0.3, 0.4) is 0 Å². The van der Waals surface area contributed by atoms with Gasteiger partial charge in [-0.2, -0.15) is 8.42 Å². The fourth-order valence-corrected chi connectivity index (χ4v) is 6.49. The molecule has 4 aromatic rings. The van der Waals surface area contributed by atoms with Crippen LogP contribution in [-0.4, -0.2) is 64.6 Å². The van der Waals surface area contributed by atoms with Gasteiger partial charge in [-0.05, 0) is 69.3 Å². The number of ether oxygens (including phenoxy) is 3. The quantitative estimate of drug-likeness (QED) is 0.0314. The molecule has 4 rings (SSSR count). The van der Waals surface area contributed by atoms with Crippen molar-refractivity contribution in [1.29, 1.82) is 0 Å². The lowest BCUT2D eigenvalue weighted by Gasteiger charge is -2.30. The van der Waals surface area contributed by atoms with Crippen LogP contribution in [0.4, 0.5) is 0 Å². The first-order valence-electron chi connectivity index (χ1n) is 15.1. The van der Waals surface area contributed by atoms with E-state index in [1.807, 2.05) is 20.8 Å². The van der Waals surface area contributed by atoms with Gasteiger partial charge in [-0.1, -0.05) is 93.0 Å². The number of oxime groups is 1. The highest BCUT2D eigenvalue weighted by Crippen LogP contribution is 2.33. The van der Waals surface area contributed by atoms with Crippen molar-refractivity contribution in [2.45, 2.75) is 44.0 Å². The average molecular weight is 777 g/mol. The van der Waals surface area contributed by atoms with Gasteiger partial charge in [0, 0.05) is 0 Å². The average Bonchev–Trinajstić information content (AvgIpc) is 3.09. The summed E-state index contributed by atoms with van der Waals surface area (Å²) in [5, 5.41) is 3.16. The second-order valence-electron chi connectivity index (χ2n) is 11.2. The summed E-state index contributed by atoms with van der Waals surface area (Å²) in [6.07, 6.45) is -4.47. The first kappa shape index (κ1) is 39.3. The lowest BCUT2D eigenvalue weighted by Crippen LogP contribution is -2.48. The standard InChI is InChI=1S/C36H32Cl3NO10S/c1-21-5-11-24(12-6-21)34(41)47-20-31(50-51(44,45)32-18-28(38)27(37)17-29(32)39)33(49-36(43)26-15-9-23(3)10-16-26)30(19-40-46-4)48-35(42)25-13-7-22(2)8-14-25/h5-19,30-31,33H,20H2,1-4H3/b40-19-/t30-,31+,33-/m1/s1. The molecule has 268 valence electrons. The Kier molecular flexibility index (Phi) is 13.6. The topological polar surface area (TPSA) is 144 Å². The van der Waals surface area contributed by atoms with Crippen LogP contribution in [0, 0.1) is 20.8 Å². The molecule has 11 nitrogen and oxygen atoms in total. The van der Waals surface area contributed by atoms with Gasteiger partial charge in [0.1, 0.15) is 18.6 Å². The molecule has 0 saturated carbocycles. The third kappa shape index (κ3) is 10.8. The number of rotatable bonds is 14. The van der Waals surface area contributed by atoms with Gasteiger partial charge in [0.2, 0.25) is 0 Å². The largest absolute Gasteiger partial charge is 0.459 e. The van der Waals surface area contributed by atoms with Gasteiger partial charge in [-0.15, -0.1) is 0 Å². The number of carbonyl (C=O) groups excluding carboxylic acids is 3. The second kappa shape index (κ2) is 17.7. The molecular weight excluding hydrogens is 745 g/mol. The van der Waals surface area contributed by atoms with Gasteiger partial charge in [0.25, 0.3) is 10.1 Å². The number of hydrogen-bond donors (Lipinski definition) is 0. The zero-order valence-electron chi connectivity index (χ0n) is 27.7. The molecule has 0 fully saturated rings. The zero-order chi connectivity index (χ0) is 37.3. The Morgan fingerprint density at radius 1 is 0.686 bits per heavy atom. The van der Waals surface area contributed by atoms with E-state index in [2.05, 4.69) is 5.16 Å². The monoisotopic (exact) mass is 775 g/mol. The van der Waals surface area contributed by atoms with E-state index >= 15 is 0 Å². The first-order chi connectivity index (χ1) is 24.2. The van der Waals surface area contributed by atoms with Gasteiger partial charge in [0.05, 0.1) is 38.0 Å². The van der Waals surface area contributed by atoms with Crippen LogP contribution in [0.5, 0.6) is 0 Å². The van der Waals surface area contributed by atoms with Crippen LogP contribution in [-0.2, 0) is 33.3 Å². The molecule has 0 aliphatic heterocycles. The van der Waals surface area contributed by atoms with Crippen LogP contribution in [0.15, 0.2) is 95.0 Å². The minimum Gasteiger partial charge on any atom is -0.459 e. The van der Waals surface area contributed by atoms with E-state index in [9.17, 15) is 22.8 Å². The molecule has 0 aromatic heterocycles. The summed E-state index contributed by atoms with van der Waals surface area (Å²) in [6, 6.07) is 21.0. The second-order valence-corrected chi connectivity index (χ2v) is 13.9. The van der Waals surface area contributed by atoms with Gasteiger partial charge in [-0.3, -0.25) is 4.18 Å². The van der Waals surface area contributed by atoms with E-state index in [-0.39, 0.29) is 31.8 Å². The molecule has 0 amide bonds. The van der Waals surface area contributed by atoms with Crippen molar-refractivity contribution in [1.82, 2.24) is 0 Å². The summed E-state index contributed by atoms with van der Waals surface area (Å²) in [5.74, 6) is -2.73. The summed E-state index contributed by atoms with van der Waals surface area (Å²) in [4.78, 5) is 44.4. The predicted octanol–water partition coefficient (Wildman–Crippen LogP) is 7.59. The Labute approximate surface area is 310 Å². The predicted molar refractivity (Wildman–Crippen MR) is 191 cm³/mol. The van der Waals surface area contributed by atoms with Crippen molar-refractivity contribution in [3.05, 3.63) is 133 Å². The number of hydrogen-bond acceptors (Lipinski definition) is 11. The molecule has 0 N–H and O–H groups in total. The number of carbonyl (C=O) groups is 3. The molecule has 0 spiro atoms. The van der Waals surface area contributed by atoms with E-state index < -0.39 is 57.8 Å². The SMILES string of the molecule is CO/N=C\[C@@H](OC(=O)c1ccc(C)cc1)[C@@H](OC(=O)c1ccc(C)cc1)[C@H](COC(=O)c1ccc(C)cc1)OS(=O)(=O)c1cc(Cl)c(Cl)cc1Cl. The van der Waals surface area contributed by atoms with Crippen molar-refractivity contribution >= 4 is 69.0 Å². The normalized spacial score (nSPS) is 13.2. The summed E-state index contributed by atoms with van der Waals surface area (Å²) in [5.41, 5.74) is 2.88. The molecule has 15 heteroatoms. The van der Waals surface area contributed by atoms with Crippen molar-refractivity contribution < 1.29 is 46.0 Å². The van der Waals surface area contributed by atoms with Crippen molar-refractivity contribution in [3.63, 3.8) is 0 Å². The molecular formula is C36H32Cl3NO10S. The summed E-state index contributed by atoms with van der Waals surface area (Å²) < 4.78 is 50.4. The van der Waals surface area contributed by atoms with Gasteiger partial charge in [-0.25, -0.2) is 14.4 Å². The molecule has 0 bridgehead atoms. The number of nitrogens with zero attached hydrogens (tertiary/aromatic N) is 1. The highest BCUT2D eigenvalue weighted by molar-refractivity contribution is 7.87. The Bertz CT molecular complexity index is 2000. The Morgan fingerprint density at radius 2 is 1.14 bits per heavy atom. The van der Waals surface area contributed by atoms with Crippen molar-refractivity contribution in [3.8, 4) is 0 Å². The summed E-state index contributed by atoms with van der Waals surface area (Å²) in [6.45, 7) is 4.61. The third-order valence-corrected chi connectivity index (χ3v) is 9.75. The molecule has 0 aliphatic rings. The molecule has 0 heterocycles. The summed E-state index contributed by atoms with van der Waals surface area (Å²) >= 11 is 18.4. The maximum atomic E-state index is 13.8. The fourth-order valence-electron chi connectivity index (χ4n) is 4.44. The summed E-state index contributed by atoms with van der Waals surface area (Å²) in [7, 11) is -3.71. The zero-order valence-corrected chi connectivity index (χ0v) is 30.8. The lowest BCUT2D eigenvalue weighted by molar-refractivity contribution is -0.0685. The number of benzene rings is 4. The molecule has 3 atom stereocenters. The first-order valence-corrected chi connectivity index (χ1v) is 17.7. The van der Waals surface area contributed by atoms with Crippen LogP contribution < -0.4 is 0 Å². The van der Waals surface area contributed by atoms with E-state index in [4.69, 9.17) is 58.0 Å². The maximum Gasteiger partial charge on any atom is 0.338 e. The Morgan fingerprint density at radius 3 is 1.63 bits per heavy atom. The van der Waals surface area contributed by atoms with Crippen LogP contribution >= 0.6 is 34.8 Å². The molecule has 0 aliphatic carbocycles. The Balaban J connectivity index is 1.82. The highest BCUT2D eigenvalue weighted by Gasteiger charge is 2.41. The van der Waals surface area contributed by atoms with Gasteiger partial charge in [0.15, 0.2) is 18.3 Å². The number of aryl methyl sites for hydroxylation is 3. The minimum atomic E-state index is -4.91. The lowest BCUT2D eigenvalue weighted by atomic mass is 10.1. The van der Waals surface area contributed by atoms with Gasteiger partial charge >= 0.3 is 17.9 Å². The number of esters is 3. The van der Waals surface area contributed by atoms with E-state index in [1.54, 1.807) is 36.4 Å². The molecule has 0 unspecified atom stereocenters. The van der Waals surface area contributed by atoms with Crippen LogP contribution in [0.1, 0.15) is 47.8 Å². The van der Waals surface area contributed by atoms with E-state index in [1.165, 1.54) is 43.5 Å². The Hall–Kier alpha value is -4.46. The maximum absolute atomic E-state index is 13.8. The molecule has 4 aromatic carbocycles. The molecule has 51 heavy (non-hydrogen) atoms. The van der Waals surface area contributed by atoms with Crippen molar-refractivity contribution in [2.75, 3.05) is 13.7 Å². The third-order valence-electron chi connectivity index (χ3n) is 7.22. The molecule has 0 saturated heterocycles. The van der Waals surface area contributed by atoms with E-state index in [0.717, 1.165) is 35.0 Å². The minimum absolute atomic E-state index is 0.0343. The van der Waals surface area contributed by atoms with Crippen LogP contribution in [0.25, 0.3) is 0 Å². The number of halogens is 3.